The Morgan fingerprint density at radius 3 is 2.25 bits per heavy atom. The number of urea groups is 1. The minimum atomic E-state index is -3.65. The largest absolute Gasteiger partial charge is 0.332 e. The van der Waals surface area contributed by atoms with Crippen molar-refractivity contribution in [3.63, 3.8) is 0 Å². The quantitative estimate of drug-likeness (QED) is 0.803. The molecule has 6 heteroatoms. The molecule has 1 aromatic rings. The van der Waals surface area contributed by atoms with E-state index >= 15 is 0 Å². The Bertz CT molecular complexity index is 765. The molecule has 3 rings (SSSR count). The zero-order chi connectivity index (χ0) is 17.3. The van der Waals surface area contributed by atoms with Crippen LogP contribution < -0.4 is 10.0 Å². The molecule has 2 N–H and O–H groups in total. The summed E-state index contributed by atoms with van der Waals surface area (Å²) in [5, 5.41) is 2.83. The van der Waals surface area contributed by atoms with Crippen LogP contribution in [-0.2, 0) is 35.7 Å². The Morgan fingerprint density at radius 1 is 1.12 bits per heavy atom. The monoisotopic (exact) mass is 348 g/mol. The third-order valence-electron chi connectivity index (χ3n) is 4.76. The molecule has 0 spiro atoms. The van der Waals surface area contributed by atoms with E-state index in [1.165, 1.54) is 22.3 Å². The molecule has 2 aliphatic carbocycles. The van der Waals surface area contributed by atoms with Crippen LogP contribution in [0.1, 0.15) is 48.4 Å². The molecule has 2 aliphatic rings. The highest BCUT2D eigenvalue weighted by Crippen LogP contribution is 2.38. The van der Waals surface area contributed by atoms with E-state index < -0.39 is 16.1 Å². The van der Waals surface area contributed by atoms with Gasteiger partial charge in [-0.3, -0.25) is 0 Å². The molecule has 0 radical (unpaired) electrons. The van der Waals surface area contributed by atoms with Crippen molar-refractivity contribution in [3.8, 4) is 0 Å². The molecule has 5 nitrogen and oxygen atoms in total. The number of allylic oxidation sites excluding steroid dienone is 1. The Labute approximate surface area is 143 Å². The van der Waals surface area contributed by atoms with E-state index in [4.69, 9.17) is 0 Å². The second kappa shape index (κ2) is 6.59. The number of aryl methyl sites for hydroxylation is 2. The van der Waals surface area contributed by atoms with Crippen LogP contribution in [0.15, 0.2) is 18.2 Å². The molecule has 1 aromatic carbocycles. The second-order valence-electron chi connectivity index (χ2n) is 6.82. The van der Waals surface area contributed by atoms with Crippen molar-refractivity contribution in [3.05, 3.63) is 40.5 Å². The highest BCUT2D eigenvalue weighted by molar-refractivity contribution is 7.90. The first-order valence-electron chi connectivity index (χ1n) is 8.48. The lowest BCUT2D eigenvalue weighted by molar-refractivity contribution is 0.256. The molecule has 0 saturated carbocycles. The van der Waals surface area contributed by atoms with Gasteiger partial charge in [0.2, 0.25) is 10.0 Å². The zero-order valence-corrected chi connectivity index (χ0v) is 14.9. The maximum absolute atomic E-state index is 12.2. The average Bonchev–Trinajstić information content (AvgIpc) is 3.13. The second-order valence-corrected chi connectivity index (χ2v) is 8.66. The fraction of sp³-hybridized carbons (Fsp3) is 0.500. The number of amides is 2. The standard InChI is InChI=1S/C18H24N2O3S/c1-12(2)9-10-24(22,23)20-18(21)19-17-15-7-3-5-13(15)11-14-6-4-8-16(14)17/h11H,1,3-10H2,2H3,(H2,19,20,21). The number of carbonyl (C=O) groups is 1. The van der Waals surface area contributed by atoms with Crippen LogP contribution in [0.25, 0.3) is 0 Å². The highest BCUT2D eigenvalue weighted by atomic mass is 32.2. The van der Waals surface area contributed by atoms with Gasteiger partial charge in [-0.2, -0.15) is 0 Å². The summed E-state index contributed by atoms with van der Waals surface area (Å²) in [6.07, 6.45) is 6.49. The summed E-state index contributed by atoms with van der Waals surface area (Å²) >= 11 is 0. The number of benzene rings is 1. The number of sulfonamides is 1. The first kappa shape index (κ1) is 17.0. The normalized spacial score (nSPS) is 15.7. The van der Waals surface area contributed by atoms with Gasteiger partial charge in [-0.15, -0.1) is 6.58 Å². The van der Waals surface area contributed by atoms with E-state index in [1.807, 2.05) is 0 Å². The molecule has 0 aromatic heterocycles. The minimum Gasteiger partial charge on any atom is -0.307 e. The third-order valence-corrected chi connectivity index (χ3v) is 6.00. The van der Waals surface area contributed by atoms with Crippen LogP contribution in [0.3, 0.4) is 0 Å². The lowest BCUT2D eigenvalue weighted by atomic mass is 9.99. The number of anilines is 1. The van der Waals surface area contributed by atoms with Crippen LogP contribution >= 0.6 is 0 Å². The van der Waals surface area contributed by atoms with Gasteiger partial charge in [-0.25, -0.2) is 17.9 Å². The van der Waals surface area contributed by atoms with Gasteiger partial charge in [-0.05, 0) is 74.1 Å². The molecule has 0 atom stereocenters. The van der Waals surface area contributed by atoms with Gasteiger partial charge in [0.05, 0.1) is 5.75 Å². The Morgan fingerprint density at radius 2 is 1.71 bits per heavy atom. The van der Waals surface area contributed by atoms with E-state index in [-0.39, 0.29) is 5.75 Å². The fourth-order valence-corrected chi connectivity index (χ4v) is 4.66. The van der Waals surface area contributed by atoms with Gasteiger partial charge >= 0.3 is 6.03 Å². The summed E-state index contributed by atoms with van der Waals surface area (Å²) in [7, 11) is -3.65. The SMILES string of the molecule is C=C(C)CCS(=O)(=O)NC(=O)Nc1c2c(cc3c1CCC3)CCC2. The van der Waals surface area contributed by atoms with Crippen molar-refractivity contribution >= 4 is 21.7 Å². The van der Waals surface area contributed by atoms with Crippen molar-refractivity contribution < 1.29 is 13.2 Å². The number of nitrogens with one attached hydrogen (secondary N) is 2. The van der Waals surface area contributed by atoms with Crippen LogP contribution in [0.4, 0.5) is 10.5 Å². The van der Waals surface area contributed by atoms with E-state index in [2.05, 4.69) is 22.7 Å². The highest BCUT2D eigenvalue weighted by Gasteiger charge is 2.25. The molecular formula is C18H24N2O3S. The third kappa shape index (κ3) is 3.64. The van der Waals surface area contributed by atoms with Gasteiger partial charge in [0, 0.05) is 5.69 Å². The molecule has 0 aliphatic heterocycles. The molecule has 24 heavy (non-hydrogen) atoms. The van der Waals surface area contributed by atoms with Crippen molar-refractivity contribution in [1.82, 2.24) is 4.72 Å². The van der Waals surface area contributed by atoms with Gasteiger partial charge in [0.1, 0.15) is 0 Å². The van der Waals surface area contributed by atoms with Crippen LogP contribution in [0, 0.1) is 0 Å². The van der Waals surface area contributed by atoms with E-state index in [1.54, 1.807) is 6.92 Å². The van der Waals surface area contributed by atoms with E-state index in [9.17, 15) is 13.2 Å². The molecule has 130 valence electrons. The van der Waals surface area contributed by atoms with Crippen molar-refractivity contribution in [2.24, 2.45) is 0 Å². The van der Waals surface area contributed by atoms with Crippen molar-refractivity contribution in [1.29, 1.82) is 0 Å². The molecule has 0 unspecified atom stereocenters. The van der Waals surface area contributed by atoms with E-state index in [0.717, 1.165) is 49.8 Å². The van der Waals surface area contributed by atoms with Gasteiger partial charge in [0.15, 0.2) is 0 Å². The molecule has 0 fully saturated rings. The number of rotatable bonds is 5. The minimum absolute atomic E-state index is 0.124. The maximum atomic E-state index is 12.2. The summed E-state index contributed by atoms with van der Waals surface area (Å²) in [6, 6.07) is 1.61. The maximum Gasteiger partial charge on any atom is 0.332 e. The number of hydrogen-bond acceptors (Lipinski definition) is 3. The van der Waals surface area contributed by atoms with Gasteiger partial charge in [0.25, 0.3) is 0 Å². The summed E-state index contributed by atoms with van der Waals surface area (Å²) in [4.78, 5) is 12.2. The van der Waals surface area contributed by atoms with E-state index in [0.29, 0.717) is 6.42 Å². The summed E-state index contributed by atoms with van der Waals surface area (Å²) in [5.74, 6) is -0.124. The van der Waals surface area contributed by atoms with Crippen LogP contribution in [0.2, 0.25) is 0 Å². The first-order valence-corrected chi connectivity index (χ1v) is 10.1. The Hall–Kier alpha value is -1.82. The molecular weight excluding hydrogens is 324 g/mol. The van der Waals surface area contributed by atoms with Gasteiger partial charge in [-0.1, -0.05) is 11.6 Å². The smallest absolute Gasteiger partial charge is 0.307 e. The topological polar surface area (TPSA) is 75.3 Å². The molecule has 0 bridgehead atoms. The molecule has 2 amide bonds. The van der Waals surface area contributed by atoms with Crippen LogP contribution in [0.5, 0.6) is 0 Å². The number of fused-ring (bicyclic) bond motifs is 2. The lowest BCUT2D eigenvalue weighted by Gasteiger charge is -2.16. The average molecular weight is 348 g/mol. The zero-order valence-electron chi connectivity index (χ0n) is 14.1. The Kier molecular flexibility index (Phi) is 4.67. The predicted octanol–water partition coefficient (Wildman–Crippen LogP) is 3.08. The van der Waals surface area contributed by atoms with Gasteiger partial charge < -0.3 is 5.32 Å². The first-order chi connectivity index (χ1) is 11.4. The molecule has 0 saturated heterocycles. The van der Waals surface area contributed by atoms with Crippen molar-refractivity contribution in [2.75, 3.05) is 11.1 Å². The van der Waals surface area contributed by atoms with Crippen LogP contribution in [-0.4, -0.2) is 20.2 Å². The Balaban J connectivity index is 1.77. The summed E-state index contributed by atoms with van der Waals surface area (Å²) in [6.45, 7) is 5.46. The number of hydrogen-bond donors (Lipinski definition) is 2. The lowest BCUT2D eigenvalue weighted by Crippen LogP contribution is -2.36. The fourth-order valence-electron chi connectivity index (χ4n) is 3.61. The van der Waals surface area contributed by atoms with Crippen molar-refractivity contribution in [2.45, 2.75) is 51.9 Å². The summed E-state index contributed by atoms with van der Waals surface area (Å²) in [5.41, 5.74) is 6.60. The number of carbonyl (C=O) groups excluding carboxylic acids is 1. The predicted molar refractivity (Wildman–Crippen MR) is 95.9 cm³/mol. The summed E-state index contributed by atoms with van der Waals surface area (Å²) < 4.78 is 26.1. The molecule has 0 heterocycles.